The third-order valence-corrected chi connectivity index (χ3v) is 1.84. The molecule has 1 rings (SSSR count). The Labute approximate surface area is 75.9 Å². The SMILES string of the molecule is COc1cc(B(O)O)cc(F)c1C. The summed E-state index contributed by atoms with van der Waals surface area (Å²) < 4.78 is 17.9. The first-order chi connectivity index (χ1) is 6.06. The second kappa shape index (κ2) is 3.76. The van der Waals surface area contributed by atoms with Crippen LogP contribution >= 0.6 is 0 Å². The van der Waals surface area contributed by atoms with Crippen molar-refractivity contribution in [1.29, 1.82) is 0 Å². The molecule has 0 spiro atoms. The Kier molecular flexibility index (Phi) is 2.90. The number of benzene rings is 1. The molecular weight excluding hydrogens is 174 g/mol. The summed E-state index contributed by atoms with van der Waals surface area (Å²) in [5.41, 5.74) is 0.437. The molecule has 0 aliphatic heterocycles. The van der Waals surface area contributed by atoms with Gasteiger partial charge in [-0.25, -0.2) is 4.39 Å². The molecule has 0 fully saturated rings. The fraction of sp³-hybridized carbons (Fsp3) is 0.250. The molecule has 0 heterocycles. The van der Waals surface area contributed by atoms with E-state index in [9.17, 15) is 4.39 Å². The Hall–Kier alpha value is -1.07. The third kappa shape index (κ3) is 1.99. The number of halogens is 1. The molecule has 13 heavy (non-hydrogen) atoms. The topological polar surface area (TPSA) is 49.7 Å². The summed E-state index contributed by atoms with van der Waals surface area (Å²) in [6.07, 6.45) is 0. The molecule has 0 aliphatic carbocycles. The summed E-state index contributed by atoms with van der Waals surface area (Å²) in [5, 5.41) is 17.6. The van der Waals surface area contributed by atoms with Crippen molar-refractivity contribution in [2.75, 3.05) is 7.11 Å². The molecular formula is C8H10BFO3. The van der Waals surface area contributed by atoms with Crippen LogP contribution in [0.1, 0.15) is 5.56 Å². The van der Waals surface area contributed by atoms with Gasteiger partial charge in [0.05, 0.1) is 7.11 Å². The van der Waals surface area contributed by atoms with Crippen LogP contribution in [0.25, 0.3) is 0 Å². The van der Waals surface area contributed by atoms with Crippen molar-refractivity contribution in [2.45, 2.75) is 6.92 Å². The lowest BCUT2D eigenvalue weighted by Gasteiger charge is -2.08. The Morgan fingerprint density at radius 2 is 2.00 bits per heavy atom. The first-order valence-corrected chi connectivity index (χ1v) is 3.76. The molecule has 1 aromatic carbocycles. The van der Waals surface area contributed by atoms with Gasteiger partial charge in [-0.15, -0.1) is 0 Å². The number of hydrogen-bond acceptors (Lipinski definition) is 3. The number of methoxy groups -OCH3 is 1. The van der Waals surface area contributed by atoms with Gasteiger partial charge in [-0.3, -0.25) is 0 Å². The van der Waals surface area contributed by atoms with Gasteiger partial charge in [0.2, 0.25) is 0 Å². The van der Waals surface area contributed by atoms with Crippen LogP contribution in [0, 0.1) is 12.7 Å². The zero-order valence-corrected chi connectivity index (χ0v) is 7.41. The highest BCUT2D eigenvalue weighted by molar-refractivity contribution is 6.58. The van der Waals surface area contributed by atoms with E-state index in [0.29, 0.717) is 11.3 Å². The molecule has 70 valence electrons. The smallest absolute Gasteiger partial charge is 0.488 e. The number of hydrogen-bond donors (Lipinski definition) is 2. The molecule has 0 bridgehead atoms. The maximum absolute atomic E-state index is 13.1. The Balaban J connectivity index is 3.22. The molecule has 5 heteroatoms. The van der Waals surface area contributed by atoms with Crippen LogP contribution in [0.15, 0.2) is 12.1 Å². The van der Waals surface area contributed by atoms with Crippen molar-refractivity contribution in [3.8, 4) is 5.75 Å². The summed E-state index contributed by atoms with van der Waals surface area (Å²) in [6.45, 7) is 1.56. The minimum atomic E-state index is -1.68. The van der Waals surface area contributed by atoms with E-state index in [4.69, 9.17) is 14.8 Å². The van der Waals surface area contributed by atoms with Crippen LogP contribution in [0.3, 0.4) is 0 Å². The molecule has 0 amide bonds. The third-order valence-electron chi connectivity index (χ3n) is 1.84. The van der Waals surface area contributed by atoms with E-state index in [1.54, 1.807) is 6.92 Å². The fourth-order valence-electron chi connectivity index (χ4n) is 1.03. The maximum Gasteiger partial charge on any atom is 0.488 e. The van der Waals surface area contributed by atoms with E-state index in [0.717, 1.165) is 6.07 Å². The summed E-state index contributed by atoms with van der Waals surface area (Å²) in [7, 11) is -0.279. The van der Waals surface area contributed by atoms with Crippen LogP contribution in [-0.4, -0.2) is 24.3 Å². The highest BCUT2D eigenvalue weighted by Crippen LogP contribution is 2.18. The van der Waals surface area contributed by atoms with Gasteiger partial charge in [-0.2, -0.15) is 0 Å². The van der Waals surface area contributed by atoms with Crippen LogP contribution in [-0.2, 0) is 0 Å². The summed E-state index contributed by atoms with van der Waals surface area (Å²) >= 11 is 0. The van der Waals surface area contributed by atoms with E-state index in [-0.39, 0.29) is 5.46 Å². The van der Waals surface area contributed by atoms with Gasteiger partial charge in [0, 0.05) is 5.56 Å². The van der Waals surface area contributed by atoms with Gasteiger partial charge in [0.25, 0.3) is 0 Å². The van der Waals surface area contributed by atoms with Gasteiger partial charge in [-0.05, 0) is 24.5 Å². The van der Waals surface area contributed by atoms with Crippen molar-refractivity contribution in [2.24, 2.45) is 0 Å². The standard InChI is InChI=1S/C8H10BFO3/c1-5-7(10)3-6(9(11)12)4-8(5)13-2/h3-4,11-12H,1-2H3. The summed E-state index contributed by atoms with van der Waals surface area (Å²) in [6, 6.07) is 2.46. The van der Waals surface area contributed by atoms with Crippen LogP contribution in [0.4, 0.5) is 4.39 Å². The van der Waals surface area contributed by atoms with Gasteiger partial charge in [-0.1, -0.05) is 0 Å². The van der Waals surface area contributed by atoms with Crippen molar-refractivity contribution < 1.29 is 19.2 Å². The molecule has 0 unspecified atom stereocenters. The Morgan fingerprint density at radius 1 is 1.38 bits per heavy atom. The molecule has 0 saturated heterocycles. The second-order valence-corrected chi connectivity index (χ2v) is 2.70. The van der Waals surface area contributed by atoms with Crippen molar-refractivity contribution in [3.63, 3.8) is 0 Å². The average molecular weight is 184 g/mol. The van der Waals surface area contributed by atoms with Crippen LogP contribution in [0.5, 0.6) is 5.75 Å². The largest absolute Gasteiger partial charge is 0.496 e. The highest BCUT2D eigenvalue weighted by Gasteiger charge is 2.15. The molecule has 3 nitrogen and oxygen atoms in total. The quantitative estimate of drug-likeness (QED) is 0.627. The fourth-order valence-corrected chi connectivity index (χ4v) is 1.03. The molecule has 0 aromatic heterocycles. The van der Waals surface area contributed by atoms with E-state index in [1.807, 2.05) is 0 Å². The first kappa shape index (κ1) is 10.0. The normalized spacial score (nSPS) is 9.92. The Morgan fingerprint density at radius 3 is 2.46 bits per heavy atom. The Bertz CT molecular complexity index is 315. The lowest BCUT2D eigenvalue weighted by Crippen LogP contribution is -2.30. The minimum Gasteiger partial charge on any atom is -0.496 e. The zero-order chi connectivity index (χ0) is 10.0. The average Bonchev–Trinajstić information content (AvgIpc) is 2.09. The highest BCUT2D eigenvalue weighted by atomic mass is 19.1. The molecule has 1 aromatic rings. The molecule has 0 saturated carbocycles. The van der Waals surface area contributed by atoms with Crippen molar-refractivity contribution >= 4 is 12.6 Å². The second-order valence-electron chi connectivity index (χ2n) is 2.70. The maximum atomic E-state index is 13.1. The molecule has 0 atom stereocenters. The monoisotopic (exact) mass is 184 g/mol. The molecule has 2 N–H and O–H groups in total. The van der Waals surface area contributed by atoms with Crippen LogP contribution < -0.4 is 10.2 Å². The molecule has 0 radical (unpaired) electrons. The summed E-state index contributed by atoms with van der Waals surface area (Å²) in [4.78, 5) is 0. The van der Waals surface area contributed by atoms with E-state index in [1.165, 1.54) is 13.2 Å². The molecule has 0 aliphatic rings. The van der Waals surface area contributed by atoms with Gasteiger partial charge < -0.3 is 14.8 Å². The number of ether oxygens (including phenoxy) is 1. The van der Waals surface area contributed by atoms with E-state index in [2.05, 4.69) is 0 Å². The summed E-state index contributed by atoms with van der Waals surface area (Å²) in [5.74, 6) is -0.203. The van der Waals surface area contributed by atoms with Gasteiger partial charge in [0.1, 0.15) is 11.6 Å². The van der Waals surface area contributed by atoms with Crippen LogP contribution in [0.2, 0.25) is 0 Å². The van der Waals surface area contributed by atoms with E-state index >= 15 is 0 Å². The van der Waals surface area contributed by atoms with Gasteiger partial charge in [0.15, 0.2) is 0 Å². The van der Waals surface area contributed by atoms with Crippen molar-refractivity contribution in [3.05, 3.63) is 23.5 Å². The minimum absolute atomic E-state index is 0.0833. The van der Waals surface area contributed by atoms with Crippen molar-refractivity contribution in [1.82, 2.24) is 0 Å². The number of rotatable bonds is 2. The zero-order valence-electron chi connectivity index (χ0n) is 7.41. The lowest BCUT2D eigenvalue weighted by molar-refractivity contribution is 0.405. The predicted octanol–water partition coefficient (Wildman–Crippen LogP) is -0.177. The lowest BCUT2D eigenvalue weighted by atomic mass is 9.80. The van der Waals surface area contributed by atoms with Gasteiger partial charge >= 0.3 is 7.12 Å². The first-order valence-electron chi connectivity index (χ1n) is 3.76. The predicted molar refractivity (Wildman–Crippen MR) is 47.5 cm³/mol. The van der Waals surface area contributed by atoms with E-state index < -0.39 is 12.9 Å².